The second-order valence-corrected chi connectivity index (χ2v) is 7.78. The second kappa shape index (κ2) is 8.42. The van der Waals surface area contributed by atoms with Crippen molar-refractivity contribution in [3.63, 3.8) is 0 Å². The topological polar surface area (TPSA) is 74.3 Å². The normalized spacial score (nSPS) is 17.7. The minimum Gasteiger partial charge on any atom is -0.326 e. The van der Waals surface area contributed by atoms with Gasteiger partial charge in [0, 0.05) is 41.8 Å². The van der Waals surface area contributed by atoms with E-state index >= 15 is 0 Å². The molecule has 1 fully saturated rings. The number of anilines is 2. The Bertz CT molecular complexity index is 789. The maximum atomic E-state index is 12.4. The molecule has 1 atom stereocenters. The first-order valence-electron chi connectivity index (χ1n) is 8.89. The lowest BCUT2D eigenvalue weighted by atomic mass is 10.0. The summed E-state index contributed by atoms with van der Waals surface area (Å²) >= 11 is 1.51. The molecule has 2 N–H and O–H groups in total. The van der Waals surface area contributed by atoms with Crippen LogP contribution in [0.1, 0.15) is 48.3 Å². The van der Waals surface area contributed by atoms with E-state index in [9.17, 15) is 9.59 Å². The standard InChI is InChI=1S/C19H24N4O2S/c1-13-6-3-4-9-23(13)12-17-11-20-19(26-17)22-18(25)15-7-5-8-16(10-15)21-14(2)24/h5,7-8,10-11,13H,3-4,6,9,12H2,1-2H3,(H,21,24)(H,20,22,25). The molecule has 1 saturated heterocycles. The Morgan fingerprint density at radius 2 is 2.15 bits per heavy atom. The summed E-state index contributed by atoms with van der Waals surface area (Å²) < 4.78 is 0. The number of nitrogens with one attached hydrogen (secondary N) is 2. The van der Waals surface area contributed by atoms with Crippen LogP contribution in [-0.4, -0.2) is 34.3 Å². The van der Waals surface area contributed by atoms with Gasteiger partial charge in [-0.3, -0.25) is 19.8 Å². The van der Waals surface area contributed by atoms with Crippen molar-refractivity contribution in [3.05, 3.63) is 40.9 Å². The smallest absolute Gasteiger partial charge is 0.257 e. The van der Waals surface area contributed by atoms with E-state index in [0.717, 1.165) is 18.0 Å². The summed E-state index contributed by atoms with van der Waals surface area (Å²) in [6, 6.07) is 7.45. The fourth-order valence-corrected chi connectivity index (χ4v) is 3.98. The quantitative estimate of drug-likeness (QED) is 0.839. The Balaban J connectivity index is 1.61. The largest absolute Gasteiger partial charge is 0.326 e. The van der Waals surface area contributed by atoms with Gasteiger partial charge in [-0.2, -0.15) is 0 Å². The fraction of sp³-hybridized carbons (Fsp3) is 0.421. The van der Waals surface area contributed by atoms with Crippen LogP contribution in [0.2, 0.25) is 0 Å². The number of likely N-dealkylation sites (tertiary alicyclic amines) is 1. The van der Waals surface area contributed by atoms with E-state index < -0.39 is 0 Å². The van der Waals surface area contributed by atoms with E-state index in [1.807, 2.05) is 6.20 Å². The van der Waals surface area contributed by atoms with E-state index in [1.54, 1.807) is 24.3 Å². The third-order valence-electron chi connectivity index (χ3n) is 4.52. The molecule has 0 aliphatic carbocycles. The molecular weight excluding hydrogens is 348 g/mol. The SMILES string of the molecule is CC(=O)Nc1cccc(C(=O)Nc2ncc(CN3CCCCC3C)s2)c1. The number of thiazole rings is 1. The number of piperidine rings is 1. The number of amides is 2. The third kappa shape index (κ3) is 4.89. The van der Waals surface area contributed by atoms with E-state index in [-0.39, 0.29) is 11.8 Å². The summed E-state index contributed by atoms with van der Waals surface area (Å²) in [7, 11) is 0. The van der Waals surface area contributed by atoms with E-state index in [2.05, 4.69) is 27.4 Å². The van der Waals surface area contributed by atoms with Crippen LogP contribution in [0.15, 0.2) is 30.5 Å². The zero-order valence-corrected chi connectivity index (χ0v) is 15.9. The predicted molar refractivity (Wildman–Crippen MR) is 105 cm³/mol. The Hall–Kier alpha value is -2.25. The molecule has 0 radical (unpaired) electrons. The Labute approximate surface area is 157 Å². The first kappa shape index (κ1) is 18.5. The first-order chi connectivity index (χ1) is 12.5. The highest BCUT2D eigenvalue weighted by Gasteiger charge is 2.19. The molecular formula is C19H24N4O2S. The van der Waals surface area contributed by atoms with Crippen molar-refractivity contribution >= 4 is 34.0 Å². The lowest BCUT2D eigenvalue weighted by Crippen LogP contribution is -2.36. The van der Waals surface area contributed by atoms with Crippen molar-refractivity contribution in [1.82, 2.24) is 9.88 Å². The van der Waals surface area contributed by atoms with Gasteiger partial charge >= 0.3 is 0 Å². The summed E-state index contributed by atoms with van der Waals surface area (Å²) in [6.07, 6.45) is 5.64. The van der Waals surface area contributed by atoms with Crippen LogP contribution in [0, 0.1) is 0 Å². The van der Waals surface area contributed by atoms with Gasteiger partial charge in [0.2, 0.25) is 5.91 Å². The van der Waals surface area contributed by atoms with Crippen LogP contribution >= 0.6 is 11.3 Å². The number of carbonyl (C=O) groups is 2. The summed E-state index contributed by atoms with van der Waals surface area (Å²) in [5.74, 6) is -0.400. The lowest BCUT2D eigenvalue weighted by molar-refractivity contribution is -0.114. The lowest BCUT2D eigenvalue weighted by Gasteiger charge is -2.32. The van der Waals surface area contributed by atoms with Crippen molar-refractivity contribution < 1.29 is 9.59 Å². The fourth-order valence-electron chi connectivity index (χ4n) is 3.14. The van der Waals surface area contributed by atoms with Crippen LogP contribution in [0.4, 0.5) is 10.8 Å². The molecule has 2 aromatic rings. The van der Waals surface area contributed by atoms with Crippen LogP contribution in [0.3, 0.4) is 0 Å². The zero-order chi connectivity index (χ0) is 18.5. The molecule has 138 valence electrons. The maximum Gasteiger partial charge on any atom is 0.257 e. The van der Waals surface area contributed by atoms with Crippen LogP contribution in [-0.2, 0) is 11.3 Å². The molecule has 1 aliphatic rings. The molecule has 2 amide bonds. The number of carbonyl (C=O) groups excluding carboxylic acids is 2. The van der Waals surface area contributed by atoms with Gasteiger partial charge in [0.05, 0.1) is 0 Å². The number of hydrogen-bond acceptors (Lipinski definition) is 5. The Morgan fingerprint density at radius 3 is 2.92 bits per heavy atom. The van der Waals surface area contributed by atoms with Gasteiger partial charge < -0.3 is 5.32 Å². The summed E-state index contributed by atoms with van der Waals surface area (Å²) in [4.78, 5) is 31.5. The molecule has 6 nitrogen and oxygen atoms in total. The highest BCUT2D eigenvalue weighted by atomic mass is 32.1. The molecule has 0 bridgehead atoms. The molecule has 1 aromatic carbocycles. The second-order valence-electron chi connectivity index (χ2n) is 6.66. The van der Waals surface area contributed by atoms with Crippen LogP contribution in [0.25, 0.3) is 0 Å². The van der Waals surface area contributed by atoms with Crippen molar-refractivity contribution in [1.29, 1.82) is 0 Å². The minimum atomic E-state index is -0.232. The summed E-state index contributed by atoms with van der Waals surface area (Å²) in [5, 5.41) is 6.12. The average molecular weight is 372 g/mol. The number of benzene rings is 1. The Morgan fingerprint density at radius 1 is 1.31 bits per heavy atom. The summed E-state index contributed by atoms with van der Waals surface area (Å²) in [6.45, 7) is 5.71. The third-order valence-corrected chi connectivity index (χ3v) is 5.42. The van der Waals surface area contributed by atoms with Gasteiger partial charge in [0.1, 0.15) is 0 Å². The van der Waals surface area contributed by atoms with Crippen molar-refractivity contribution in [2.75, 3.05) is 17.2 Å². The molecule has 0 saturated carbocycles. The van der Waals surface area contributed by atoms with E-state index in [0.29, 0.717) is 22.4 Å². The summed E-state index contributed by atoms with van der Waals surface area (Å²) in [5.41, 5.74) is 1.08. The zero-order valence-electron chi connectivity index (χ0n) is 15.1. The average Bonchev–Trinajstić information content (AvgIpc) is 3.03. The molecule has 2 heterocycles. The Kier molecular flexibility index (Phi) is 6.00. The molecule has 7 heteroatoms. The molecule has 1 unspecified atom stereocenters. The van der Waals surface area contributed by atoms with Crippen molar-refractivity contribution in [3.8, 4) is 0 Å². The number of rotatable bonds is 5. The molecule has 1 aromatic heterocycles. The van der Waals surface area contributed by atoms with Crippen LogP contribution in [0.5, 0.6) is 0 Å². The van der Waals surface area contributed by atoms with E-state index in [4.69, 9.17) is 0 Å². The van der Waals surface area contributed by atoms with Gasteiger partial charge in [-0.25, -0.2) is 4.98 Å². The monoisotopic (exact) mass is 372 g/mol. The van der Waals surface area contributed by atoms with Gasteiger partial charge in [-0.15, -0.1) is 11.3 Å². The van der Waals surface area contributed by atoms with Gasteiger partial charge in [-0.1, -0.05) is 12.5 Å². The minimum absolute atomic E-state index is 0.168. The number of nitrogens with zero attached hydrogens (tertiary/aromatic N) is 2. The first-order valence-corrected chi connectivity index (χ1v) is 9.70. The molecule has 0 spiro atoms. The predicted octanol–water partition coefficient (Wildman–Crippen LogP) is 3.73. The van der Waals surface area contributed by atoms with Gasteiger partial charge in [0.25, 0.3) is 5.91 Å². The van der Waals surface area contributed by atoms with Crippen LogP contribution < -0.4 is 10.6 Å². The number of aromatic nitrogens is 1. The van der Waals surface area contributed by atoms with E-state index in [1.165, 1.54) is 37.5 Å². The maximum absolute atomic E-state index is 12.4. The van der Waals surface area contributed by atoms with Crippen molar-refractivity contribution in [2.24, 2.45) is 0 Å². The van der Waals surface area contributed by atoms with Gasteiger partial charge in [0.15, 0.2) is 5.13 Å². The van der Waals surface area contributed by atoms with Crippen molar-refractivity contribution in [2.45, 2.75) is 45.7 Å². The molecule has 3 rings (SSSR count). The molecule has 26 heavy (non-hydrogen) atoms. The highest BCUT2D eigenvalue weighted by molar-refractivity contribution is 7.15. The van der Waals surface area contributed by atoms with Gasteiger partial charge in [-0.05, 0) is 44.5 Å². The highest BCUT2D eigenvalue weighted by Crippen LogP contribution is 2.24. The molecule has 1 aliphatic heterocycles. The number of hydrogen-bond donors (Lipinski definition) is 2.